The number of halogens is 2. The summed E-state index contributed by atoms with van der Waals surface area (Å²) in [5.41, 5.74) is 0.808. The van der Waals surface area contributed by atoms with Crippen LogP contribution < -0.4 is 10.6 Å². The van der Waals surface area contributed by atoms with Crippen molar-refractivity contribution in [3.8, 4) is 0 Å². The van der Waals surface area contributed by atoms with Gasteiger partial charge < -0.3 is 10.6 Å². The van der Waals surface area contributed by atoms with Gasteiger partial charge in [0.1, 0.15) is 5.82 Å². The van der Waals surface area contributed by atoms with Crippen molar-refractivity contribution in [2.24, 2.45) is 5.92 Å². The monoisotopic (exact) mass is 296 g/mol. The molecule has 0 spiro atoms. The topological polar surface area (TPSA) is 24.1 Å². The molecule has 3 atom stereocenters. The zero-order chi connectivity index (χ0) is 13.9. The number of hydrogen-bond acceptors (Lipinski definition) is 2. The molecule has 0 radical (unpaired) electrons. The fourth-order valence-electron chi connectivity index (χ4n) is 3.75. The first kappa shape index (κ1) is 14.2. The second-order valence-corrected chi connectivity index (χ2v) is 6.50. The lowest BCUT2D eigenvalue weighted by Gasteiger charge is -2.33. The number of nitrogens with one attached hydrogen (secondary N) is 2. The fourth-order valence-corrected chi connectivity index (χ4v) is 3.97. The van der Waals surface area contributed by atoms with Gasteiger partial charge in [-0.2, -0.15) is 0 Å². The molecular formula is C16H22ClFN2. The van der Waals surface area contributed by atoms with Crippen LogP contribution in [0.3, 0.4) is 0 Å². The smallest absolute Gasteiger partial charge is 0.126 e. The van der Waals surface area contributed by atoms with Crippen LogP contribution in [0.15, 0.2) is 18.2 Å². The molecule has 1 saturated carbocycles. The molecule has 2 aliphatic rings. The van der Waals surface area contributed by atoms with Crippen molar-refractivity contribution in [3.05, 3.63) is 29.0 Å². The van der Waals surface area contributed by atoms with Gasteiger partial charge in [-0.15, -0.1) is 0 Å². The van der Waals surface area contributed by atoms with Gasteiger partial charge in [0.15, 0.2) is 0 Å². The van der Waals surface area contributed by atoms with E-state index >= 15 is 0 Å². The van der Waals surface area contributed by atoms with Gasteiger partial charge in [0.25, 0.3) is 0 Å². The standard InChI is InChI=1S/C16H22ClFN2/c17-11-8-12(18)10-13(9-11)20-16-6-3-4-14(16)15-5-1-2-7-19-15/h8-10,14-16,19-20H,1-7H2. The first-order valence-corrected chi connectivity index (χ1v) is 8.06. The van der Waals surface area contributed by atoms with Gasteiger partial charge in [0.2, 0.25) is 0 Å². The quantitative estimate of drug-likeness (QED) is 0.873. The largest absolute Gasteiger partial charge is 0.382 e. The third kappa shape index (κ3) is 3.26. The molecule has 1 heterocycles. The molecule has 1 aliphatic carbocycles. The zero-order valence-electron chi connectivity index (χ0n) is 11.7. The molecule has 1 aromatic carbocycles. The highest BCUT2D eigenvalue weighted by molar-refractivity contribution is 6.30. The Bertz CT molecular complexity index is 440. The van der Waals surface area contributed by atoms with E-state index in [4.69, 9.17) is 11.6 Å². The molecule has 1 aromatic rings. The lowest BCUT2D eigenvalue weighted by molar-refractivity contribution is 0.286. The van der Waals surface area contributed by atoms with E-state index in [9.17, 15) is 4.39 Å². The molecule has 1 aliphatic heterocycles. The third-order valence-corrected chi connectivity index (χ3v) is 4.87. The molecule has 4 heteroatoms. The molecule has 2 fully saturated rings. The normalized spacial score (nSPS) is 30.4. The van der Waals surface area contributed by atoms with Crippen molar-refractivity contribution in [2.45, 2.75) is 50.6 Å². The lowest BCUT2D eigenvalue weighted by Crippen LogP contribution is -2.44. The van der Waals surface area contributed by atoms with Gasteiger partial charge in [-0.1, -0.05) is 24.4 Å². The molecule has 2 nitrogen and oxygen atoms in total. The zero-order valence-corrected chi connectivity index (χ0v) is 12.4. The first-order valence-electron chi connectivity index (χ1n) is 7.68. The highest BCUT2D eigenvalue weighted by Crippen LogP contribution is 2.34. The average molecular weight is 297 g/mol. The maximum absolute atomic E-state index is 13.4. The Balaban J connectivity index is 1.68. The van der Waals surface area contributed by atoms with Gasteiger partial charge in [-0.05, 0) is 56.3 Å². The highest BCUT2D eigenvalue weighted by Gasteiger charge is 2.34. The van der Waals surface area contributed by atoms with Gasteiger partial charge in [-0.3, -0.25) is 0 Å². The number of anilines is 1. The summed E-state index contributed by atoms with van der Waals surface area (Å²) in [6.07, 6.45) is 7.57. The van der Waals surface area contributed by atoms with Crippen LogP contribution in [-0.2, 0) is 0 Å². The van der Waals surface area contributed by atoms with E-state index in [1.54, 1.807) is 0 Å². The molecule has 2 N–H and O–H groups in total. The van der Waals surface area contributed by atoms with Crippen molar-refractivity contribution in [2.75, 3.05) is 11.9 Å². The predicted octanol–water partition coefficient (Wildman–Crippen LogP) is 4.20. The fraction of sp³-hybridized carbons (Fsp3) is 0.625. The van der Waals surface area contributed by atoms with Crippen molar-refractivity contribution in [1.82, 2.24) is 5.32 Å². The van der Waals surface area contributed by atoms with Gasteiger partial charge in [0.05, 0.1) is 0 Å². The van der Waals surface area contributed by atoms with Crippen molar-refractivity contribution in [3.63, 3.8) is 0 Å². The number of rotatable bonds is 3. The minimum atomic E-state index is -0.273. The van der Waals surface area contributed by atoms with Gasteiger partial charge in [0, 0.05) is 22.8 Å². The second kappa shape index (κ2) is 6.31. The maximum atomic E-state index is 13.4. The Kier molecular flexibility index (Phi) is 4.47. The van der Waals surface area contributed by atoms with Crippen molar-refractivity contribution >= 4 is 17.3 Å². The molecule has 3 unspecified atom stereocenters. The number of hydrogen-bond donors (Lipinski definition) is 2. The van der Waals surface area contributed by atoms with E-state index in [-0.39, 0.29) is 5.82 Å². The van der Waals surface area contributed by atoms with Crippen LogP contribution in [0.1, 0.15) is 38.5 Å². The summed E-state index contributed by atoms with van der Waals surface area (Å²) in [5.74, 6) is 0.377. The molecule has 0 aromatic heterocycles. The molecule has 0 amide bonds. The van der Waals surface area contributed by atoms with E-state index < -0.39 is 0 Å². The number of piperidine rings is 1. The van der Waals surface area contributed by atoms with Crippen molar-refractivity contribution < 1.29 is 4.39 Å². The highest BCUT2D eigenvalue weighted by atomic mass is 35.5. The summed E-state index contributed by atoms with van der Waals surface area (Å²) in [5, 5.41) is 7.62. The third-order valence-electron chi connectivity index (χ3n) is 4.65. The predicted molar refractivity (Wildman–Crippen MR) is 81.8 cm³/mol. The Morgan fingerprint density at radius 1 is 1.10 bits per heavy atom. The molecule has 110 valence electrons. The van der Waals surface area contributed by atoms with Crippen LogP contribution in [-0.4, -0.2) is 18.6 Å². The SMILES string of the molecule is Fc1cc(Cl)cc(NC2CCCC2C2CCCCN2)c1. The van der Waals surface area contributed by atoms with Crippen LogP contribution in [0.25, 0.3) is 0 Å². The minimum Gasteiger partial charge on any atom is -0.382 e. The first-order chi connectivity index (χ1) is 9.72. The second-order valence-electron chi connectivity index (χ2n) is 6.06. The van der Waals surface area contributed by atoms with E-state index in [1.165, 1.54) is 44.2 Å². The van der Waals surface area contributed by atoms with E-state index in [0.717, 1.165) is 18.7 Å². The van der Waals surface area contributed by atoms with Gasteiger partial charge >= 0.3 is 0 Å². The summed E-state index contributed by atoms with van der Waals surface area (Å²) in [6, 6.07) is 5.75. The Morgan fingerprint density at radius 2 is 2.00 bits per heavy atom. The summed E-state index contributed by atoms with van der Waals surface area (Å²) in [7, 11) is 0. The van der Waals surface area contributed by atoms with E-state index in [2.05, 4.69) is 10.6 Å². The van der Waals surface area contributed by atoms with Crippen LogP contribution in [0.5, 0.6) is 0 Å². The summed E-state index contributed by atoms with van der Waals surface area (Å²) in [4.78, 5) is 0. The maximum Gasteiger partial charge on any atom is 0.126 e. The average Bonchev–Trinajstić information content (AvgIpc) is 2.86. The molecule has 3 rings (SSSR count). The Labute approximate surface area is 125 Å². The summed E-state index contributed by atoms with van der Waals surface area (Å²) in [6.45, 7) is 1.14. The molecule has 0 bridgehead atoms. The number of benzene rings is 1. The van der Waals surface area contributed by atoms with Crippen LogP contribution in [0, 0.1) is 11.7 Å². The Hall–Kier alpha value is -0.800. The lowest BCUT2D eigenvalue weighted by atomic mass is 9.88. The summed E-state index contributed by atoms with van der Waals surface area (Å²) < 4.78 is 13.4. The Morgan fingerprint density at radius 3 is 2.75 bits per heavy atom. The van der Waals surface area contributed by atoms with Crippen molar-refractivity contribution in [1.29, 1.82) is 0 Å². The van der Waals surface area contributed by atoms with E-state index in [1.807, 2.05) is 6.07 Å². The van der Waals surface area contributed by atoms with Crippen LogP contribution >= 0.6 is 11.6 Å². The summed E-state index contributed by atoms with van der Waals surface area (Å²) >= 11 is 5.93. The van der Waals surface area contributed by atoms with Gasteiger partial charge in [-0.25, -0.2) is 4.39 Å². The van der Waals surface area contributed by atoms with Crippen LogP contribution in [0.4, 0.5) is 10.1 Å². The molecule has 1 saturated heterocycles. The van der Waals surface area contributed by atoms with E-state index in [0.29, 0.717) is 23.0 Å². The molecular weight excluding hydrogens is 275 g/mol. The molecule has 20 heavy (non-hydrogen) atoms. The minimum absolute atomic E-state index is 0.273. The van der Waals surface area contributed by atoms with Crippen LogP contribution in [0.2, 0.25) is 5.02 Å².